The van der Waals surface area contributed by atoms with Crippen LogP contribution in [0.4, 0.5) is 0 Å². The van der Waals surface area contributed by atoms with Crippen LogP contribution in [0.1, 0.15) is 18.4 Å². The molecule has 0 amide bonds. The minimum absolute atomic E-state index is 0.0226. The molecule has 1 fully saturated rings. The van der Waals surface area contributed by atoms with Crippen molar-refractivity contribution in [3.05, 3.63) is 59.2 Å². The first-order valence-corrected chi connectivity index (χ1v) is 11.2. The highest BCUT2D eigenvalue weighted by atomic mass is 35.5. The van der Waals surface area contributed by atoms with Crippen LogP contribution in [-0.2, 0) is 10.0 Å². The largest absolute Gasteiger partial charge is 0.393 e. The molecule has 2 heterocycles. The van der Waals surface area contributed by atoms with Crippen molar-refractivity contribution < 1.29 is 13.5 Å². The third kappa shape index (κ3) is 3.98. The number of sulfonamides is 1. The van der Waals surface area contributed by atoms with Gasteiger partial charge < -0.3 is 10.1 Å². The second-order valence-electron chi connectivity index (χ2n) is 7.10. The number of rotatable bonds is 4. The van der Waals surface area contributed by atoms with E-state index in [0.29, 0.717) is 35.5 Å². The summed E-state index contributed by atoms with van der Waals surface area (Å²) in [4.78, 5) is 7.65. The zero-order valence-corrected chi connectivity index (χ0v) is 17.5. The smallest absolute Gasteiger partial charge is 0.244 e. The Balaban J connectivity index is 1.65. The average Bonchev–Trinajstić information content (AvgIpc) is 3.24. The molecule has 30 heavy (non-hydrogen) atoms. The highest BCUT2D eigenvalue weighted by Gasteiger charge is 2.30. The zero-order chi connectivity index (χ0) is 21.3. The number of halogens is 1. The second kappa shape index (κ2) is 8.20. The Bertz CT molecular complexity index is 1210. The molecule has 1 aliphatic heterocycles. The van der Waals surface area contributed by atoms with Gasteiger partial charge in [-0.15, -0.1) is 0 Å². The molecule has 1 aromatic heterocycles. The lowest BCUT2D eigenvalue weighted by Crippen LogP contribution is -2.40. The van der Waals surface area contributed by atoms with Gasteiger partial charge in [-0.1, -0.05) is 23.7 Å². The number of nitrogens with zero attached hydrogens (tertiary/aromatic N) is 3. The van der Waals surface area contributed by atoms with Crippen LogP contribution in [0.25, 0.3) is 22.6 Å². The van der Waals surface area contributed by atoms with Crippen molar-refractivity contribution in [1.82, 2.24) is 14.3 Å². The molecule has 0 radical (unpaired) electrons. The van der Waals surface area contributed by atoms with Crippen molar-refractivity contribution in [2.45, 2.75) is 23.8 Å². The van der Waals surface area contributed by atoms with Gasteiger partial charge in [0.25, 0.3) is 0 Å². The number of benzene rings is 2. The summed E-state index contributed by atoms with van der Waals surface area (Å²) < 4.78 is 27.5. The number of aliphatic hydroxyl groups excluding tert-OH is 1. The van der Waals surface area contributed by atoms with E-state index in [0.717, 1.165) is 5.56 Å². The van der Waals surface area contributed by atoms with Crippen molar-refractivity contribution in [2.75, 3.05) is 13.1 Å². The molecule has 154 valence electrons. The van der Waals surface area contributed by atoms with E-state index in [9.17, 15) is 13.5 Å². The van der Waals surface area contributed by atoms with Crippen molar-refractivity contribution in [1.29, 1.82) is 5.26 Å². The van der Waals surface area contributed by atoms with Gasteiger partial charge in [-0.05, 0) is 43.2 Å². The monoisotopic (exact) mass is 442 g/mol. The lowest BCUT2D eigenvalue weighted by Gasteiger charge is -2.29. The number of hydrogen-bond donors (Lipinski definition) is 2. The number of hydrogen-bond acceptors (Lipinski definition) is 5. The molecule has 9 heteroatoms. The maximum atomic E-state index is 13.1. The molecule has 0 spiro atoms. The van der Waals surface area contributed by atoms with Crippen LogP contribution in [0.15, 0.2) is 53.6 Å². The van der Waals surface area contributed by atoms with Gasteiger partial charge in [-0.3, -0.25) is 0 Å². The summed E-state index contributed by atoms with van der Waals surface area (Å²) in [6.45, 7) is 0.515. The molecule has 3 aromatic rings. The van der Waals surface area contributed by atoms with Crippen LogP contribution in [0, 0.1) is 11.3 Å². The minimum Gasteiger partial charge on any atom is -0.393 e. The maximum absolute atomic E-state index is 13.1. The number of piperidine rings is 1. The molecular weight excluding hydrogens is 424 g/mol. The fraction of sp³-hybridized carbons (Fsp3) is 0.238. The maximum Gasteiger partial charge on any atom is 0.244 e. The minimum atomic E-state index is -3.78. The van der Waals surface area contributed by atoms with E-state index < -0.39 is 16.1 Å². The van der Waals surface area contributed by atoms with E-state index in [4.69, 9.17) is 16.9 Å². The van der Waals surface area contributed by atoms with Crippen LogP contribution in [0.5, 0.6) is 0 Å². The molecule has 0 unspecified atom stereocenters. The van der Waals surface area contributed by atoms with Gasteiger partial charge in [-0.25, -0.2) is 13.4 Å². The van der Waals surface area contributed by atoms with E-state index in [2.05, 4.69) is 16.0 Å². The van der Waals surface area contributed by atoms with E-state index in [1.165, 1.54) is 10.4 Å². The van der Waals surface area contributed by atoms with E-state index >= 15 is 0 Å². The molecule has 0 bridgehead atoms. The summed E-state index contributed by atoms with van der Waals surface area (Å²) in [5.41, 5.74) is 2.67. The molecule has 0 aliphatic carbocycles. The Morgan fingerprint density at radius 1 is 1.13 bits per heavy atom. The Labute approximate surface area is 179 Å². The van der Waals surface area contributed by atoms with E-state index in [1.54, 1.807) is 42.6 Å². The van der Waals surface area contributed by atoms with Gasteiger partial charge in [0.05, 0.1) is 28.5 Å². The molecule has 2 N–H and O–H groups in total. The predicted molar refractivity (Wildman–Crippen MR) is 113 cm³/mol. The standard InChI is InChI=1S/C21H19ClN4O3S/c22-18-6-5-16(11-20(18)30(28,29)26-9-7-17(27)8-10-26)21-24-13-19(25-21)15-3-1-14(12-23)2-4-15/h1-6,11,13,17,27H,7-10H2,(H,24,25). The fourth-order valence-electron chi connectivity index (χ4n) is 3.40. The summed E-state index contributed by atoms with van der Waals surface area (Å²) in [6.07, 6.45) is 2.07. The van der Waals surface area contributed by atoms with Gasteiger partial charge in [0.15, 0.2) is 0 Å². The van der Waals surface area contributed by atoms with E-state index in [1.807, 2.05) is 0 Å². The number of nitriles is 1. The predicted octanol–water partition coefficient (Wildman–Crippen LogP) is 3.41. The Morgan fingerprint density at radius 3 is 2.47 bits per heavy atom. The topological polar surface area (TPSA) is 110 Å². The number of aromatic nitrogens is 2. The molecule has 1 aliphatic rings. The summed E-state index contributed by atoms with van der Waals surface area (Å²) in [7, 11) is -3.78. The third-order valence-corrected chi connectivity index (χ3v) is 7.51. The molecule has 7 nitrogen and oxygen atoms in total. The van der Waals surface area contributed by atoms with Gasteiger partial charge in [0.1, 0.15) is 10.7 Å². The Kier molecular flexibility index (Phi) is 5.62. The second-order valence-corrected chi connectivity index (χ2v) is 9.42. The molecular formula is C21H19ClN4O3S. The number of nitrogens with one attached hydrogen (secondary N) is 1. The number of aliphatic hydroxyl groups is 1. The Morgan fingerprint density at radius 2 is 1.80 bits per heavy atom. The lowest BCUT2D eigenvalue weighted by molar-refractivity contribution is 0.113. The van der Waals surface area contributed by atoms with Crippen LogP contribution in [0.3, 0.4) is 0 Å². The van der Waals surface area contributed by atoms with Crippen LogP contribution >= 0.6 is 11.6 Å². The zero-order valence-electron chi connectivity index (χ0n) is 15.9. The van der Waals surface area contributed by atoms with Crippen molar-refractivity contribution in [3.63, 3.8) is 0 Å². The van der Waals surface area contributed by atoms with Gasteiger partial charge in [0.2, 0.25) is 10.0 Å². The van der Waals surface area contributed by atoms with Crippen molar-refractivity contribution in [2.24, 2.45) is 0 Å². The first-order valence-electron chi connectivity index (χ1n) is 9.42. The molecule has 0 saturated carbocycles. The number of aromatic amines is 1. The highest BCUT2D eigenvalue weighted by Crippen LogP contribution is 2.31. The molecule has 0 atom stereocenters. The number of H-pyrrole nitrogens is 1. The third-order valence-electron chi connectivity index (χ3n) is 5.13. The van der Waals surface area contributed by atoms with Crippen LogP contribution < -0.4 is 0 Å². The highest BCUT2D eigenvalue weighted by molar-refractivity contribution is 7.89. The molecule has 2 aromatic carbocycles. The Hall–Kier alpha value is -2.70. The van der Waals surface area contributed by atoms with Gasteiger partial charge in [-0.2, -0.15) is 9.57 Å². The number of imidazole rings is 1. The average molecular weight is 443 g/mol. The molecule has 4 rings (SSSR count). The summed E-state index contributed by atoms with van der Waals surface area (Å²) in [5, 5.41) is 18.7. The first-order chi connectivity index (χ1) is 14.4. The summed E-state index contributed by atoms with van der Waals surface area (Å²) in [6, 6.07) is 13.9. The van der Waals surface area contributed by atoms with E-state index in [-0.39, 0.29) is 23.0 Å². The molecule has 1 saturated heterocycles. The first kappa shape index (κ1) is 20.6. The van der Waals surface area contributed by atoms with Gasteiger partial charge >= 0.3 is 0 Å². The van der Waals surface area contributed by atoms with Crippen LogP contribution in [-0.4, -0.2) is 47.0 Å². The summed E-state index contributed by atoms with van der Waals surface area (Å²) >= 11 is 6.23. The normalized spacial score (nSPS) is 15.8. The van der Waals surface area contributed by atoms with Crippen molar-refractivity contribution >= 4 is 21.6 Å². The van der Waals surface area contributed by atoms with Crippen LogP contribution in [0.2, 0.25) is 5.02 Å². The van der Waals surface area contributed by atoms with Crippen molar-refractivity contribution in [3.8, 4) is 28.7 Å². The fourth-order valence-corrected chi connectivity index (χ4v) is 5.37. The quantitative estimate of drug-likeness (QED) is 0.643. The SMILES string of the molecule is N#Cc1ccc(-c2c[nH]c(-c3ccc(Cl)c(S(=O)(=O)N4CCC(O)CC4)c3)n2)cc1. The summed E-state index contributed by atoms with van der Waals surface area (Å²) in [5.74, 6) is 0.511. The van der Waals surface area contributed by atoms with Gasteiger partial charge in [0, 0.05) is 30.4 Å². The lowest BCUT2D eigenvalue weighted by atomic mass is 10.1.